The van der Waals surface area contributed by atoms with Crippen molar-refractivity contribution in [1.82, 2.24) is 4.90 Å². The van der Waals surface area contributed by atoms with Gasteiger partial charge in [-0.05, 0) is 36.6 Å². The zero-order chi connectivity index (χ0) is 17.9. The Bertz CT molecular complexity index is 600. The van der Waals surface area contributed by atoms with Gasteiger partial charge in [-0.1, -0.05) is 6.92 Å². The summed E-state index contributed by atoms with van der Waals surface area (Å²) >= 11 is 0. The third-order valence-electron chi connectivity index (χ3n) is 3.80. The van der Waals surface area contributed by atoms with E-state index in [9.17, 15) is 22.8 Å². The van der Waals surface area contributed by atoms with Gasteiger partial charge >= 0.3 is 12.1 Å². The summed E-state index contributed by atoms with van der Waals surface area (Å²) in [6, 6.07) is 5.34. The molecule has 2 unspecified atom stereocenters. The second-order valence-corrected chi connectivity index (χ2v) is 6.01. The highest BCUT2D eigenvalue weighted by Gasteiger charge is 2.32. The molecule has 0 saturated carbocycles. The third kappa shape index (κ3) is 4.87. The van der Waals surface area contributed by atoms with E-state index in [1.165, 1.54) is 29.2 Å². The highest BCUT2D eigenvalue weighted by molar-refractivity contribution is 5.94. The molecule has 132 valence electrons. The summed E-state index contributed by atoms with van der Waals surface area (Å²) in [4.78, 5) is 25.1. The van der Waals surface area contributed by atoms with E-state index in [4.69, 9.17) is 5.11 Å². The highest BCUT2D eigenvalue weighted by atomic mass is 19.4. The number of aliphatic carboxylic acids is 1. The molecule has 1 heterocycles. The minimum absolute atomic E-state index is 0.0132. The van der Waals surface area contributed by atoms with Gasteiger partial charge in [0.15, 0.2) is 6.61 Å². The van der Waals surface area contributed by atoms with Gasteiger partial charge in [-0.2, -0.15) is 13.2 Å². The van der Waals surface area contributed by atoms with Crippen LogP contribution in [-0.4, -0.2) is 47.8 Å². The van der Waals surface area contributed by atoms with Crippen LogP contribution in [0.3, 0.4) is 0 Å². The molecular weight excluding hydrogens is 327 g/mol. The van der Waals surface area contributed by atoms with E-state index in [-0.39, 0.29) is 29.7 Å². The first kappa shape index (κ1) is 18.1. The van der Waals surface area contributed by atoms with Crippen molar-refractivity contribution in [2.24, 2.45) is 11.8 Å². The van der Waals surface area contributed by atoms with Crippen LogP contribution in [0.4, 0.5) is 13.2 Å². The lowest BCUT2D eigenvalue weighted by Crippen LogP contribution is -2.45. The molecule has 5 nitrogen and oxygen atoms in total. The maximum atomic E-state index is 12.5. The molecule has 1 saturated heterocycles. The Labute approximate surface area is 137 Å². The maximum Gasteiger partial charge on any atom is 0.422 e. The minimum atomic E-state index is -4.43. The number of likely N-dealkylation sites (tertiary alicyclic amines) is 1. The molecule has 24 heavy (non-hydrogen) atoms. The van der Waals surface area contributed by atoms with Crippen LogP contribution >= 0.6 is 0 Å². The highest BCUT2D eigenvalue weighted by Crippen LogP contribution is 2.24. The van der Waals surface area contributed by atoms with Gasteiger partial charge in [0.1, 0.15) is 5.75 Å². The van der Waals surface area contributed by atoms with Crippen LogP contribution in [0.2, 0.25) is 0 Å². The van der Waals surface area contributed by atoms with Crippen LogP contribution in [0, 0.1) is 11.8 Å². The number of halogens is 3. The predicted octanol–water partition coefficient (Wildman–Crippen LogP) is 2.81. The first-order valence-corrected chi connectivity index (χ1v) is 7.47. The van der Waals surface area contributed by atoms with Crippen LogP contribution in [0.25, 0.3) is 0 Å². The molecule has 1 N–H and O–H groups in total. The molecule has 1 amide bonds. The predicted molar refractivity (Wildman–Crippen MR) is 78.8 cm³/mol. The quantitative estimate of drug-likeness (QED) is 0.911. The Hall–Kier alpha value is -2.25. The Morgan fingerprint density at radius 3 is 2.42 bits per heavy atom. The normalized spacial score (nSPS) is 21.4. The van der Waals surface area contributed by atoms with E-state index >= 15 is 0 Å². The molecule has 1 aromatic carbocycles. The average molecular weight is 345 g/mol. The standard InChI is InChI=1S/C16H18F3NO4/c1-10-6-12(15(22)23)8-20(7-10)14(21)11-2-4-13(5-3-11)24-9-16(17,18)19/h2-5,10,12H,6-9H2,1H3,(H,22,23). The second-order valence-electron chi connectivity index (χ2n) is 6.01. The molecule has 1 fully saturated rings. The lowest BCUT2D eigenvalue weighted by molar-refractivity contribution is -0.153. The first-order chi connectivity index (χ1) is 11.2. The van der Waals surface area contributed by atoms with Crippen molar-refractivity contribution in [3.8, 4) is 5.75 Å². The summed E-state index contributed by atoms with van der Waals surface area (Å²) in [5.74, 6) is -1.80. The summed E-state index contributed by atoms with van der Waals surface area (Å²) in [5.41, 5.74) is 0.285. The van der Waals surface area contributed by atoms with E-state index in [2.05, 4.69) is 4.74 Å². The SMILES string of the molecule is CC1CC(C(=O)O)CN(C(=O)c2ccc(OCC(F)(F)F)cc2)C1. The van der Waals surface area contributed by atoms with Gasteiger partial charge in [0.2, 0.25) is 0 Å². The number of benzene rings is 1. The van der Waals surface area contributed by atoms with E-state index < -0.39 is 24.7 Å². The molecule has 1 aromatic rings. The number of carboxylic acid groups (broad SMARTS) is 1. The molecule has 2 atom stereocenters. The van der Waals surface area contributed by atoms with Crippen LogP contribution in [0.5, 0.6) is 5.75 Å². The van der Waals surface area contributed by atoms with Gasteiger partial charge in [-0.25, -0.2) is 0 Å². The summed E-state index contributed by atoms with van der Waals surface area (Å²) in [6.07, 6.45) is -3.91. The molecule has 1 aliphatic heterocycles. The molecule has 0 aliphatic carbocycles. The minimum Gasteiger partial charge on any atom is -0.484 e. The molecule has 2 rings (SSSR count). The van der Waals surface area contributed by atoms with Gasteiger partial charge in [-0.15, -0.1) is 0 Å². The summed E-state index contributed by atoms with van der Waals surface area (Å²) < 4.78 is 40.9. The van der Waals surface area contributed by atoms with E-state index in [0.717, 1.165) is 0 Å². The fourth-order valence-corrected chi connectivity index (χ4v) is 2.74. The molecule has 0 spiro atoms. The first-order valence-electron chi connectivity index (χ1n) is 7.47. The van der Waals surface area contributed by atoms with Crippen molar-refractivity contribution in [1.29, 1.82) is 0 Å². The smallest absolute Gasteiger partial charge is 0.422 e. The number of alkyl halides is 3. The number of nitrogens with zero attached hydrogens (tertiary/aromatic N) is 1. The van der Waals surface area contributed by atoms with Crippen LogP contribution < -0.4 is 4.74 Å². The van der Waals surface area contributed by atoms with Gasteiger partial charge < -0.3 is 14.7 Å². The Balaban J connectivity index is 2.02. The number of carbonyl (C=O) groups is 2. The number of carbonyl (C=O) groups excluding carboxylic acids is 1. The van der Waals surface area contributed by atoms with Gasteiger partial charge in [0.05, 0.1) is 5.92 Å². The maximum absolute atomic E-state index is 12.5. The lowest BCUT2D eigenvalue weighted by atomic mass is 9.90. The Kier molecular flexibility index (Phi) is 5.36. The number of piperidine rings is 1. The summed E-state index contributed by atoms with van der Waals surface area (Å²) in [6.45, 7) is 1.06. The van der Waals surface area contributed by atoms with Gasteiger partial charge in [0.25, 0.3) is 5.91 Å². The van der Waals surface area contributed by atoms with Crippen LogP contribution in [0.15, 0.2) is 24.3 Å². The van der Waals surface area contributed by atoms with Crippen molar-refractivity contribution in [2.75, 3.05) is 19.7 Å². The zero-order valence-electron chi connectivity index (χ0n) is 13.0. The van der Waals surface area contributed by atoms with Crippen molar-refractivity contribution in [3.05, 3.63) is 29.8 Å². The Morgan fingerprint density at radius 2 is 1.88 bits per heavy atom. The van der Waals surface area contributed by atoms with Crippen molar-refractivity contribution in [2.45, 2.75) is 19.5 Å². The number of rotatable bonds is 4. The molecule has 8 heteroatoms. The molecular formula is C16H18F3NO4. The van der Waals surface area contributed by atoms with Crippen LogP contribution in [-0.2, 0) is 4.79 Å². The fraction of sp³-hybridized carbons (Fsp3) is 0.500. The van der Waals surface area contributed by atoms with Gasteiger partial charge in [-0.3, -0.25) is 9.59 Å². The van der Waals surface area contributed by atoms with E-state index in [0.29, 0.717) is 13.0 Å². The Morgan fingerprint density at radius 1 is 1.25 bits per heavy atom. The van der Waals surface area contributed by atoms with Crippen molar-refractivity contribution >= 4 is 11.9 Å². The number of hydrogen-bond acceptors (Lipinski definition) is 3. The number of hydrogen-bond donors (Lipinski definition) is 1. The zero-order valence-corrected chi connectivity index (χ0v) is 13.0. The summed E-state index contributed by atoms with van der Waals surface area (Å²) in [5, 5.41) is 9.14. The summed E-state index contributed by atoms with van der Waals surface area (Å²) in [7, 11) is 0. The van der Waals surface area contributed by atoms with Crippen LogP contribution in [0.1, 0.15) is 23.7 Å². The number of ether oxygens (including phenoxy) is 1. The third-order valence-corrected chi connectivity index (χ3v) is 3.80. The van der Waals surface area contributed by atoms with Crippen molar-refractivity contribution < 1.29 is 32.6 Å². The largest absolute Gasteiger partial charge is 0.484 e. The lowest BCUT2D eigenvalue weighted by Gasteiger charge is -2.34. The molecule has 1 aliphatic rings. The second kappa shape index (κ2) is 7.11. The van der Waals surface area contributed by atoms with E-state index in [1.807, 2.05) is 6.92 Å². The average Bonchev–Trinajstić information content (AvgIpc) is 2.51. The van der Waals surface area contributed by atoms with E-state index in [1.54, 1.807) is 0 Å². The fourth-order valence-electron chi connectivity index (χ4n) is 2.74. The molecule has 0 aromatic heterocycles. The molecule has 0 bridgehead atoms. The number of carboxylic acids is 1. The van der Waals surface area contributed by atoms with Gasteiger partial charge in [0, 0.05) is 18.7 Å². The molecule has 0 radical (unpaired) electrons. The van der Waals surface area contributed by atoms with Crippen molar-refractivity contribution in [3.63, 3.8) is 0 Å². The topological polar surface area (TPSA) is 66.8 Å². The number of amides is 1. The monoisotopic (exact) mass is 345 g/mol.